The van der Waals surface area contributed by atoms with E-state index in [0.717, 1.165) is 6.20 Å². The van der Waals surface area contributed by atoms with Crippen LogP contribution in [0.3, 0.4) is 0 Å². The number of hydrogen-bond acceptors (Lipinski definition) is 9. The van der Waals surface area contributed by atoms with Crippen molar-refractivity contribution in [3.05, 3.63) is 48.4 Å². The molecule has 0 aliphatic heterocycles. The number of sulfonamides is 1. The van der Waals surface area contributed by atoms with Gasteiger partial charge in [0.2, 0.25) is 21.7 Å². The monoisotopic (exact) mass is 477 g/mol. The molecule has 33 heavy (non-hydrogen) atoms. The third-order valence-electron chi connectivity index (χ3n) is 4.49. The third kappa shape index (κ3) is 5.71. The summed E-state index contributed by atoms with van der Waals surface area (Å²) >= 11 is 0. The Morgan fingerprint density at radius 1 is 0.970 bits per heavy atom. The van der Waals surface area contributed by atoms with Gasteiger partial charge in [-0.25, -0.2) is 17.8 Å². The number of ether oxygens (including phenoxy) is 3. The second-order valence-corrected chi connectivity index (χ2v) is 8.62. The summed E-state index contributed by atoms with van der Waals surface area (Å²) in [6.45, 7) is 1.52. The van der Waals surface area contributed by atoms with Gasteiger partial charge >= 0.3 is 0 Å². The Morgan fingerprint density at radius 2 is 1.61 bits per heavy atom. The fourth-order valence-corrected chi connectivity index (χ4v) is 3.50. The molecular formula is C21H24FN5O5S. The Kier molecular flexibility index (Phi) is 7.38. The van der Waals surface area contributed by atoms with E-state index in [2.05, 4.69) is 25.3 Å². The first kappa shape index (κ1) is 23.9. The van der Waals surface area contributed by atoms with Crippen molar-refractivity contribution in [3.63, 3.8) is 0 Å². The highest BCUT2D eigenvalue weighted by atomic mass is 32.2. The summed E-state index contributed by atoms with van der Waals surface area (Å²) in [7, 11) is 0.940. The highest BCUT2D eigenvalue weighted by Gasteiger charge is 2.16. The van der Waals surface area contributed by atoms with Crippen molar-refractivity contribution in [2.24, 2.45) is 0 Å². The van der Waals surface area contributed by atoms with E-state index in [0.29, 0.717) is 28.6 Å². The maximum absolute atomic E-state index is 14.5. The summed E-state index contributed by atoms with van der Waals surface area (Å²) in [5.41, 5.74) is 1.10. The van der Waals surface area contributed by atoms with Crippen molar-refractivity contribution >= 4 is 38.9 Å². The van der Waals surface area contributed by atoms with Gasteiger partial charge in [-0.05, 0) is 19.1 Å². The van der Waals surface area contributed by atoms with Crippen LogP contribution in [-0.4, -0.2) is 45.5 Å². The van der Waals surface area contributed by atoms with E-state index in [9.17, 15) is 12.8 Å². The van der Waals surface area contributed by atoms with Gasteiger partial charge in [-0.15, -0.1) is 0 Å². The number of hydrogen-bond donors (Lipinski definition) is 3. The van der Waals surface area contributed by atoms with E-state index < -0.39 is 15.8 Å². The number of anilines is 5. The third-order valence-corrected chi connectivity index (χ3v) is 5.78. The van der Waals surface area contributed by atoms with Crippen molar-refractivity contribution in [2.45, 2.75) is 6.92 Å². The molecule has 12 heteroatoms. The second-order valence-electron chi connectivity index (χ2n) is 6.61. The lowest BCUT2D eigenvalue weighted by Crippen LogP contribution is -2.15. The normalized spacial score (nSPS) is 10.9. The summed E-state index contributed by atoms with van der Waals surface area (Å²) < 4.78 is 56.8. The molecule has 0 aliphatic carbocycles. The van der Waals surface area contributed by atoms with E-state index in [1.165, 1.54) is 28.3 Å². The first-order chi connectivity index (χ1) is 15.8. The van der Waals surface area contributed by atoms with Crippen LogP contribution in [0.1, 0.15) is 6.92 Å². The van der Waals surface area contributed by atoms with Crippen LogP contribution in [0.2, 0.25) is 0 Å². The fraction of sp³-hybridized carbons (Fsp3) is 0.238. The predicted octanol–water partition coefficient (Wildman–Crippen LogP) is 3.89. The minimum absolute atomic E-state index is 0.0831. The molecule has 176 valence electrons. The molecular weight excluding hydrogens is 453 g/mol. The average molecular weight is 478 g/mol. The summed E-state index contributed by atoms with van der Waals surface area (Å²) in [6, 6.07) is 9.80. The van der Waals surface area contributed by atoms with Crippen LogP contribution in [0, 0.1) is 5.82 Å². The van der Waals surface area contributed by atoms with Gasteiger partial charge in [0.1, 0.15) is 0 Å². The van der Waals surface area contributed by atoms with Crippen LogP contribution < -0.4 is 29.6 Å². The van der Waals surface area contributed by atoms with E-state index in [1.807, 2.05) is 0 Å². The maximum atomic E-state index is 14.5. The van der Waals surface area contributed by atoms with Gasteiger partial charge in [-0.3, -0.25) is 4.72 Å². The maximum Gasteiger partial charge on any atom is 0.232 e. The molecule has 0 aliphatic rings. The number of benzene rings is 2. The Labute approximate surface area is 191 Å². The van der Waals surface area contributed by atoms with Gasteiger partial charge in [0.15, 0.2) is 23.1 Å². The second kappa shape index (κ2) is 10.2. The molecule has 0 amide bonds. The highest BCUT2D eigenvalue weighted by Crippen LogP contribution is 2.40. The van der Waals surface area contributed by atoms with Gasteiger partial charge in [0.05, 0.1) is 44.7 Å². The van der Waals surface area contributed by atoms with Gasteiger partial charge in [-0.1, -0.05) is 12.1 Å². The first-order valence-corrected chi connectivity index (χ1v) is 11.4. The lowest BCUT2D eigenvalue weighted by atomic mass is 10.2. The molecule has 0 spiro atoms. The highest BCUT2D eigenvalue weighted by molar-refractivity contribution is 7.92. The Morgan fingerprint density at radius 3 is 2.18 bits per heavy atom. The summed E-state index contributed by atoms with van der Waals surface area (Å²) in [5.74, 6) is 0.348. The largest absolute Gasteiger partial charge is 0.493 e. The molecule has 10 nitrogen and oxygen atoms in total. The van der Waals surface area contributed by atoms with Crippen molar-refractivity contribution in [2.75, 3.05) is 42.4 Å². The zero-order valence-corrected chi connectivity index (χ0v) is 19.3. The van der Waals surface area contributed by atoms with Crippen molar-refractivity contribution < 1.29 is 27.0 Å². The summed E-state index contributed by atoms with van der Waals surface area (Å²) in [6.07, 6.45) is 0.995. The van der Waals surface area contributed by atoms with E-state index in [1.54, 1.807) is 36.4 Å². The van der Waals surface area contributed by atoms with Gasteiger partial charge in [-0.2, -0.15) is 4.98 Å². The Bertz CT molecular complexity index is 1210. The van der Waals surface area contributed by atoms with Crippen molar-refractivity contribution in [1.29, 1.82) is 0 Å². The molecule has 0 unspecified atom stereocenters. The minimum atomic E-state index is -3.53. The quantitative estimate of drug-likeness (QED) is 0.399. The van der Waals surface area contributed by atoms with Crippen LogP contribution in [0.25, 0.3) is 0 Å². The molecule has 3 N–H and O–H groups in total. The molecule has 3 rings (SSSR count). The van der Waals surface area contributed by atoms with Crippen molar-refractivity contribution in [1.82, 2.24) is 9.97 Å². The topological polar surface area (TPSA) is 124 Å². The van der Waals surface area contributed by atoms with Gasteiger partial charge in [0, 0.05) is 17.8 Å². The summed E-state index contributed by atoms with van der Waals surface area (Å²) in [5, 5.41) is 5.78. The standard InChI is InChI=1S/C21H24FN5O5S/c1-5-33(28,29)27-16-9-7-6-8-15(16)25-20-14(22)12-23-21(26-20)24-13-10-17(30-2)19(32-4)18(11-13)31-3/h6-12,27H,5H2,1-4H3,(H2,23,24,25,26). The van der Waals surface area contributed by atoms with Crippen LogP contribution in [0.4, 0.5) is 33.2 Å². The van der Waals surface area contributed by atoms with Gasteiger partial charge < -0.3 is 24.8 Å². The number of halogens is 1. The van der Waals surface area contributed by atoms with E-state index in [-0.39, 0.29) is 23.2 Å². The molecule has 1 heterocycles. The SMILES string of the molecule is CCS(=O)(=O)Nc1ccccc1Nc1nc(Nc2cc(OC)c(OC)c(OC)c2)ncc1F. The smallest absolute Gasteiger partial charge is 0.232 e. The lowest BCUT2D eigenvalue weighted by Gasteiger charge is -2.16. The molecule has 3 aromatic rings. The molecule has 0 saturated carbocycles. The fourth-order valence-electron chi connectivity index (χ4n) is 2.85. The molecule has 0 saturated heterocycles. The van der Waals surface area contributed by atoms with Crippen molar-refractivity contribution in [3.8, 4) is 17.2 Å². The molecule has 0 atom stereocenters. The number of aromatic nitrogens is 2. The van der Waals surface area contributed by atoms with E-state index in [4.69, 9.17) is 14.2 Å². The number of methoxy groups -OCH3 is 3. The zero-order chi connectivity index (χ0) is 24.0. The van der Waals surface area contributed by atoms with Crippen LogP contribution in [0.15, 0.2) is 42.6 Å². The molecule has 0 fully saturated rings. The van der Waals surface area contributed by atoms with E-state index >= 15 is 0 Å². The number of nitrogens with zero attached hydrogens (tertiary/aromatic N) is 2. The molecule has 1 aromatic heterocycles. The predicted molar refractivity (Wildman–Crippen MR) is 124 cm³/mol. The van der Waals surface area contributed by atoms with Crippen LogP contribution in [0.5, 0.6) is 17.2 Å². The van der Waals surface area contributed by atoms with Crippen LogP contribution in [-0.2, 0) is 10.0 Å². The van der Waals surface area contributed by atoms with Crippen LogP contribution >= 0.6 is 0 Å². The van der Waals surface area contributed by atoms with Gasteiger partial charge in [0.25, 0.3) is 0 Å². The molecule has 2 aromatic carbocycles. The summed E-state index contributed by atoms with van der Waals surface area (Å²) in [4.78, 5) is 8.14. The Balaban J connectivity index is 1.91. The Hall–Kier alpha value is -3.80. The number of para-hydroxylation sites is 2. The molecule has 0 radical (unpaired) electrons. The lowest BCUT2D eigenvalue weighted by molar-refractivity contribution is 0.324. The zero-order valence-electron chi connectivity index (χ0n) is 18.5. The first-order valence-electron chi connectivity index (χ1n) is 9.76. The number of rotatable bonds is 10. The molecule has 0 bridgehead atoms. The number of nitrogens with one attached hydrogen (secondary N) is 3. The average Bonchev–Trinajstić information content (AvgIpc) is 2.81. The minimum Gasteiger partial charge on any atom is -0.493 e.